The van der Waals surface area contributed by atoms with Gasteiger partial charge in [0.2, 0.25) is 0 Å². The lowest BCUT2D eigenvalue weighted by Gasteiger charge is -2.32. The number of hydrogen-bond acceptors (Lipinski definition) is 5. The minimum absolute atomic E-state index is 0.777. The first-order valence-corrected chi connectivity index (χ1v) is 8.73. The van der Waals surface area contributed by atoms with E-state index in [9.17, 15) is 0 Å². The van der Waals surface area contributed by atoms with Crippen molar-refractivity contribution in [2.24, 2.45) is 0 Å². The van der Waals surface area contributed by atoms with E-state index in [4.69, 9.17) is 0 Å². The average molecular weight is 304 g/mol. The molecule has 21 heavy (non-hydrogen) atoms. The minimum Gasteiger partial charge on any atom is -0.358 e. The predicted octanol–water partition coefficient (Wildman–Crippen LogP) is 3.39. The molecule has 0 unspecified atom stereocenters. The largest absolute Gasteiger partial charge is 0.358 e. The second-order valence-corrected chi connectivity index (χ2v) is 6.93. The van der Waals surface area contributed by atoms with E-state index in [0.717, 1.165) is 29.8 Å². The summed E-state index contributed by atoms with van der Waals surface area (Å²) < 4.78 is 0. The van der Waals surface area contributed by atoms with E-state index in [1.165, 1.54) is 37.5 Å². The van der Waals surface area contributed by atoms with Crippen LogP contribution in [0.4, 0.5) is 5.82 Å². The first-order chi connectivity index (χ1) is 10.3. The Morgan fingerprint density at radius 2 is 1.95 bits per heavy atom. The summed E-state index contributed by atoms with van der Waals surface area (Å²) in [4.78, 5) is 14.7. The van der Waals surface area contributed by atoms with Crippen molar-refractivity contribution < 1.29 is 0 Å². The second kappa shape index (κ2) is 6.71. The van der Waals surface area contributed by atoms with Gasteiger partial charge in [0.05, 0.1) is 5.39 Å². The molecular formula is C16H24N4S. The molecule has 114 valence electrons. The van der Waals surface area contributed by atoms with Crippen LogP contribution in [0.25, 0.3) is 10.2 Å². The van der Waals surface area contributed by atoms with Crippen molar-refractivity contribution in [3.05, 3.63) is 17.8 Å². The highest BCUT2D eigenvalue weighted by atomic mass is 32.1. The van der Waals surface area contributed by atoms with E-state index in [1.807, 2.05) is 0 Å². The zero-order valence-electron chi connectivity index (χ0n) is 13.0. The Bertz CT molecular complexity index is 576. The molecule has 0 bridgehead atoms. The van der Waals surface area contributed by atoms with Crippen LogP contribution < -0.4 is 4.90 Å². The van der Waals surface area contributed by atoms with E-state index < -0.39 is 0 Å². The standard InChI is InChI=1S/C16H24N4S/c1-19(13-6-4-3-5-7-13)9-10-20(2)15-14-8-11-21-16(14)18-12-17-15/h8,11-13H,3-7,9-10H2,1-2H3. The molecule has 0 N–H and O–H groups in total. The summed E-state index contributed by atoms with van der Waals surface area (Å²) in [6, 6.07) is 2.90. The van der Waals surface area contributed by atoms with Crippen LogP contribution in [0.15, 0.2) is 17.8 Å². The summed E-state index contributed by atoms with van der Waals surface area (Å²) in [7, 11) is 4.40. The molecule has 2 heterocycles. The Morgan fingerprint density at radius 3 is 2.76 bits per heavy atom. The molecule has 2 aromatic heterocycles. The number of likely N-dealkylation sites (N-methyl/N-ethyl adjacent to an activating group) is 2. The fourth-order valence-corrected chi connectivity index (χ4v) is 3.93. The fourth-order valence-electron chi connectivity index (χ4n) is 3.20. The zero-order chi connectivity index (χ0) is 14.7. The SMILES string of the molecule is CN(CCN(C)C1CCCCC1)c1ncnc2sccc12. The van der Waals surface area contributed by atoms with Crippen molar-refractivity contribution in [2.75, 3.05) is 32.1 Å². The van der Waals surface area contributed by atoms with Gasteiger partial charge in [0, 0.05) is 26.2 Å². The molecular weight excluding hydrogens is 280 g/mol. The van der Waals surface area contributed by atoms with Gasteiger partial charge in [-0.1, -0.05) is 19.3 Å². The third-order valence-electron chi connectivity index (χ3n) is 4.59. The van der Waals surface area contributed by atoms with Crippen molar-refractivity contribution in [1.29, 1.82) is 0 Å². The molecule has 4 nitrogen and oxygen atoms in total. The van der Waals surface area contributed by atoms with Gasteiger partial charge in [-0.3, -0.25) is 0 Å². The normalized spacial score (nSPS) is 16.7. The molecule has 0 aromatic carbocycles. The van der Waals surface area contributed by atoms with Gasteiger partial charge >= 0.3 is 0 Å². The smallest absolute Gasteiger partial charge is 0.140 e. The maximum Gasteiger partial charge on any atom is 0.140 e. The maximum atomic E-state index is 4.47. The van der Waals surface area contributed by atoms with Crippen LogP contribution in [-0.4, -0.2) is 48.1 Å². The monoisotopic (exact) mass is 304 g/mol. The van der Waals surface area contributed by atoms with Crippen LogP contribution in [-0.2, 0) is 0 Å². The predicted molar refractivity (Wildman–Crippen MR) is 90.2 cm³/mol. The van der Waals surface area contributed by atoms with Gasteiger partial charge in [0.1, 0.15) is 17.0 Å². The van der Waals surface area contributed by atoms with Crippen molar-refractivity contribution in [2.45, 2.75) is 38.1 Å². The van der Waals surface area contributed by atoms with Gasteiger partial charge in [-0.15, -0.1) is 11.3 Å². The molecule has 1 aliphatic carbocycles. The molecule has 0 amide bonds. The summed E-state index contributed by atoms with van der Waals surface area (Å²) >= 11 is 1.68. The van der Waals surface area contributed by atoms with Crippen LogP contribution in [0.2, 0.25) is 0 Å². The van der Waals surface area contributed by atoms with Gasteiger partial charge in [-0.05, 0) is 31.3 Å². The number of thiophene rings is 1. The number of fused-ring (bicyclic) bond motifs is 1. The van der Waals surface area contributed by atoms with Crippen molar-refractivity contribution >= 4 is 27.4 Å². The van der Waals surface area contributed by atoms with Crippen molar-refractivity contribution in [3.8, 4) is 0 Å². The molecule has 0 spiro atoms. The van der Waals surface area contributed by atoms with E-state index in [-0.39, 0.29) is 0 Å². The minimum atomic E-state index is 0.777. The Hall–Kier alpha value is -1.20. The Kier molecular flexibility index (Phi) is 4.70. The molecule has 0 aliphatic heterocycles. The van der Waals surface area contributed by atoms with Crippen molar-refractivity contribution in [1.82, 2.24) is 14.9 Å². The lowest BCUT2D eigenvalue weighted by Crippen LogP contribution is -2.38. The Labute approximate surface area is 130 Å². The van der Waals surface area contributed by atoms with E-state index in [0.29, 0.717) is 0 Å². The van der Waals surface area contributed by atoms with Crippen LogP contribution in [0.3, 0.4) is 0 Å². The molecule has 5 heteroatoms. The highest BCUT2D eigenvalue weighted by Crippen LogP contribution is 2.26. The van der Waals surface area contributed by atoms with Gasteiger partial charge < -0.3 is 9.80 Å². The van der Waals surface area contributed by atoms with Gasteiger partial charge in [-0.25, -0.2) is 9.97 Å². The summed E-state index contributed by atoms with van der Waals surface area (Å²) in [6.07, 6.45) is 8.61. The van der Waals surface area contributed by atoms with Gasteiger partial charge in [0.15, 0.2) is 0 Å². The molecule has 0 radical (unpaired) electrons. The summed E-state index contributed by atoms with van der Waals surface area (Å²) in [5.41, 5.74) is 0. The second-order valence-electron chi connectivity index (χ2n) is 6.03. The van der Waals surface area contributed by atoms with Crippen LogP contribution >= 0.6 is 11.3 Å². The Morgan fingerprint density at radius 1 is 1.14 bits per heavy atom. The fraction of sp³-hybridized carbons (Fsp3) is 0.625. The highest BCUT2D eigenvalue weighted by Gasteiger charge is 2.18. The average Bonchev–Trinajstić information content (AvgIpc) is 3.01. The number of rotatable bonds is 5. The van der Waals surface area contributed by atoms with Crippen LogP contribution in [0.1, 0.15) is 32.1 Å². The lowest BCUT2D eigenvalue weighted by molar-refractivity contribution is 0.196. The number of anilines is 1. The molecule has 1 saturated carbocycles. The summed E-state index contributed by atoms with van der Waals surface area (Å²) in [6.45, 7) is 2.10. The molecule has 2 aromatic rings. The Balaban J connectivity index is 1.61. The number of aromatic nitrogens is 2. The molecule has 0 saturated heterocycles. The van der Waals surface area contributed by atoms with Crippen molar-refractivity contribution in [3.63, 3.8) is 0 Å². The van der Waals surface area contributed by atoms with Gasteiger partial charge in [0.25, 0.3) is 0 Å². The molecule has 3 rings (SSSR count). The molecule has 1 aliphatic rings. The number of nitrogens with zero attached hydrogens (tertiary/aromatic N) is 4. The van der Waals surface area contributed by atoms with E-state index >= 15 is 0 Å². The topological polar surface area (TPSA) is 32.3 Å². The summed E-state index contributed by atoms with van der Waals surface area (Å²) in [5.74, 6) is 1.05. The van der Waals surface area contributed by atoms with Gasteiger partial charge in [-0.2, -0.15) is 0 Å². The first-order valence-electron chi connectivity index (χ1n) is 7.85. The third kappa shape index (κ3) is 3.35. The highest BCUT2D eigenvalue weighted by molar-refractivity contribution is 7.16. The summed E-state index contributed by atoms with van der Waals surface area (Å²) in [5, 5.41) is 3.26. The molecule has 0 atom stereocenters. The van der Waals surface area contributed by atoms with Crippen LogP contribution in [0.5, 0.6) is 0 Å². The molecule has 1 fully saturated rings. The third-order valence-corrected chi connectivity index (χ3v) is 5.41. The quantitative estimate of drug-likeness (QED) is 0.847. The first kappa shape index (κ1) is 14.7. The number of hydrogen-bond donors (Lipinski definition) is 0. The zero-order valence-corrected chi connectivity index (χ0v) is 13.8. The van der Waals surface area contributed by atoms with E-state index in [1.54, 1.807) is 17.7 Å². The maximum absolute atomic E-state index is 4.47. The lowest BCUT2D eigenvalue weighted by atomic mass is 9.94. The van der Waals surface area contributed by atoms with E-state index in [2.05, 4.69) is 45.3 Å². The van der Waals surface area contributed by atoms with Crippen LogP contribution in [0, 0.1) is 0 Å².